The number of carbonyl (C=O) groups is 1. The third kappa shape index (κ3) is 6.95. The summed E-state index contributed by atoms with van der Waals surface area (Å²) in [5.74, 6) is -0.00411. The van der Waals surface area contributed by atoms with Crippen molar-refractivity contribution in [2.45, 2.75) is 13.1 Å². The van der Waals surface area contributed by atoms with Gasteiger partial charge in [-0.25, -0.2) is 4.98 Å². The van der Waals surface area contributed by atoms with Crippen LogP contribution in [0.15, 0.2) is 61.1 Å². The molecule has 33 heavy (non-hydrogen) atoms. The first-order valence-corrected chi connectivity index (χ1v) is 10.5. The van der Waals surface area contributed by atoms with Crippen LogP contribution >= 0.6 is 24.8 Å². The van der Waals surface area contributed by atoms with Gasteiger partial charge in [0.2, 0.25) is 5.91 Å². The van der Waals surface area contributed by atoms with Crippen molar-refractivity contribution in [3.8, 4) is 11.1 Å². The lowest BCUT2D eigenvalue weighted by atomic mass is 10.0. The molecule has 1 amide bonds. The molecule has 178 valence electrons. The molecule has 4 rings (SSSR count). The van der Waals surface area contributed by atoms with Gasteiger partial charge in [0, 0.05) is 38.6 Å². The lowest BCUT2D eigenvalue weighted by molar-refractivity contribution is -0.137. The quantitative estimate of drug-likeness (QED) is 0.482. The highest BCUT2D eigenvalue weighted by Gasteiger charge is 2.24. The van der Waals surface area contributed by atoms with E-state index in [0.29, 0.717) is 32.8 Å². The molecular weight excluding hydrogens is 463 g/mol. The zero-order chi connectivity index (χ0) is 21.5. The minimum Gasteiger partial charge on any atom is -0.382 e. The molecule has 1 aliphatic rings. The molecule has 0 atom stereocenters. The topological polar surface area (TPSA) is 70.7 Å². The van der Waals surface area contributed by atoms with Crippen molar-refractivity contribution >= 4 is 36.4 Å². The number of carbonyl (C=O) groups excluding carboxylic acids is 1. The van der Waals surface area contributed by atoms with Crippen molar-refractivity contribution in [2.24, 2.45) is 0 Å². The fraction of sp³-hybridized carbons (Fsp3) is 0.333. The Morgan fingerprint density at radius 1 is 1.06 bits per heavy atom. The van der Waals surface area contributed by atoms with Gasteiger partial charge >= 0.3 is 0 Å². The highest BCUT2D eigenvalue weighted by Crippen LogP contribution is 2.31. The van der Waals surface area contributed by atoms with Crippen LogP contribution in [0, 0.1) is 0 Å². The van der Waals surface area contributed by atoms with Crippen molar-refractivity contribution in [1.82, 2.24) is 14.9 Å². The number of rotatable bonds is 8. The number of anilines is 1. The summed E-state index contributed by atoms with van der Waals surface area (Å²) in [6.07, 6.45) is 3.54. The number of hydrogen-bond donors (Lipinski definition) is 1. The number of nitrogens with one attached hydrogen (secondary N) is 1. The van der Waals surface area contributed by atoms with Crippen LogP contribution < -0.4 is 4.90 Å². The molecule has 0 spiro atoms. The van der Waals surface area contributed by atoms with E-state index in [1.165, 1.54) is 0 Å². The minimum atomic E-state index is -0.00411. The Labute approximate surface area is 206 Å². The van der Waals surface area contributed by atoms with Gasteiger partial charge in [-0.05, 0) is 28.8 Å². The Hall–Kier alpha value is -2.58. The van der Waals surface area contributed by atoms with E-state index in [2.05, 4.69) is 45.2 Å². The Balaban J connectivity index is 0.00000193. The van der Waals surface area contributed by atoms with Gasteiger partial charge in [0.15, 0.2) is 0 Å². The van der Waals surface area contributed by atoms with Gasteiger partial charge in [-0.3, -0.25) is 4.79 Å². The fourth-order valence-corrected chi connectivity index (χ4v) is 3.82. The molecule has 9 heteroatoms. The first-order chi connectivity index (χ1) is 15.2. The van der Waals surface area contributed by atoms with Crippen LogP contribution in [0.25, 0.3) is 11.1 Å². The standard InChI is InChI=1S/C24H28N4O3.2ClH/c1-30-11-12-31-17-24(29)28-10-9-27(16-22-14-25-18-26-22)23-8-7-20(13-21(23)15-28)19-5-3-2-4-6-19;;/h2-8,13-14,18H,9-12,15-17H2,1H3,(H,25,26);2*1H. The summed E-state index contributed by atoms with van der Waals surface area (Å²) in [4.78, 5) is 24.3. The number of ether oxygens (including phenoxy) is 2. The number of H-pyrrole nitrogens is 1. The summed E-state index contributed by atoms with van der Waals surface area (Å²) in [5.41, 5.74) is 5.62. The molecule has 0 saturated heterocycles. The number of nitrogens with zero attached hydrogens (tertiary/aromatic N) is 3. The summed E-state index contributed by atoms with van der Waals surface area (Å²) in [7, 11) is 1.62. The summed E-state index contributed by atoms with van der Waals surface area (Å²) in [6, 6.07) is 16.8. The maximum Gasteiger partial charge on any atom is 0.248 e. The van der Waals surface area contributed by atoms with E-state index in [0.717, 1.165) is 34.6 Å². The number of amides is 1. The molecule has 1 aromatic heterocycles. The summed E-state index contributed by atoms with van der Waals surface area (Å²) >= 11 is 0. The molecule has 2 heterocycles. The van der Waals surface area contributed by atoms with Gasteiger partial charge in [0.25, 0.3) is 0 Å². The van der Waals surface area contributed by atoms with Gasteiger partial charge in [0.05, 0.1) is 31.8 Å². The highest BCUT2D eigenvalue weighted by atomic mass is 35.5. The van der Waals surface area contributed by atoms with E-state index >= 15 is 0 Å². The van der Waals surface area contributed by atoms with Crippen LogP contribution in [0.5, 0.6) is 0 Å². The van der Waals surface area contributed by atoms with E-state index < -0.39 is 0 Å². The second-order valence-corrected chi connectivity index (χ2v) is 7.57. The van der Waals surface area contributed by atoms with E-state index in [9.17, 15) is 4.79 Å². The minimum absolute atomic E-state index is 0. The SMILES string of the molecule is COCCOCC(=O)N1CCN(Cc2cnc[nH]2)c2ccc(-c3ccccc3)cc2C1.Cl.Cl. The molecule has 1 N–H and O–H groups in total. The molecular formula is C24H30Cl2N4O3. The van der Waals surface area contributed by atoms with Gasteiger partial charge in [-0.2, -0.15) is 0 Å². The predicted octanol–water partition coefficient (Wildman–Crippen LogP) is 3.93. The molecule has 7 nitrogen and oxygen atoms in total. The van der Waals surface area contributed by atoms with Crippen LogP contribution in [0.1, 0.15) is 11.3 Å². The molecule has 3 aromatic rings. The van der Waals surface area contributed by atoms with Crippen LogP contribution in [0.3, 0.4) is 0 Å². The molecule has 0 aliphatic carbocycles. The highest BCUT2D eigenvalue weighted by molar-refractivity contribution is 5.85. The second kappa shape index (κ2) is 13.2. The fourth-order valence-electron chi connectivity index (χ4n) is 3.82. The third-order valence-corrected chi connectivity index (χ3v) is 5.45. The van der Waals surface area contributed by atoms with Crippen molar-refractivity contribution in [1.29, 1.82) is 0 Å². The maximum atomic E-state index is 12.8. The number of halogens is 2. The van der Waals surface area contributed by atoms with Crippen molar-refractivity contribution < 1.29 is 14.3 Å². The average Bonchev–Trinajstić information content (AvgIpc) is 3.25. The second-order valence-electron chi connectivity index (χ2n) is 7.57. The number of fused-ring (bicyclic) bond motifs is 1. The third-order valence-electron chi connectivity index (χ3n) is 5.45. The lowest BCUT2D eigenvalue weighted by Gasteiger charge is -2.24. The zero-order valence-electron chi connectivity index (χ0n) is 18.6. The normalized spacial score (nSPS) is 12.9. The molecule has 2 aromatic carbocycles. The molecule has 1 aliphatic heterocycles. The summed E-state index contributed by atoms with van der Waals surface area (Å²) < 4.78 is 10.5. The number of benzene rings is 2. The monoisotopic (exact) mass is 492 g/mol. The number of aromatic nitrogens is 2. The molecule has 0 bridgehead atoms. The smallest absolute Gasteiger partial charge is 0.248 e. The largest absolute Gasteiger partial charge is 0.382 e. The maximum absolute atomic E-state index is 12.8. The first kappa shape index (κ1) is 26.7. The van der Waals surface area contributed by atoms with Crippen molar-refractivity contribution in [3.05, 3.63) is 72.3 Å². The Kier molecular flexibility index (Phi) is 10.7. The van der Waals surface area contributed by atoms with Crippen molar-refractivity contribution in [2.75, 3.05) is 44.9 Å². The van der Waals surface area contributed by atoms with E-state index in [-0.39, 0.29) is 37.3 Å². The summed E-state index contributed by atoms with van der Waals surface area (Å²) in [5, 5.41) is 0. The van der Waals surface area contributed by atoms with Gasteiger partial charge in [0.1, 0.15) is 6.61 Å². The van der Waals surface area contributed by atoms with Crippen LogP contribution in [-0.4, -0.2) is 60.8 Å². The lowest BCUT2D eigenvalue weighted by Crippen LogP contribution is -2.37. The number of hydrogen-bond acceptors (Lipinski definition) is 5. The Morgan fingerprint density at radius 2 is 1.88 bits per heavy atom. The zero-order valence-corrected chi connectivity index (χ0v) is 20.2. The average molecular weight is 493 g/mol. The van der Waals surface area contributed by atoms with Crippen LogP contribution in [-0.2, 0) is 27.4 Å². The van der Waals surface area contributed by atoms with E-state index in [1.807, 2.05) is 29.3 Å². The first-order valence-electron chi connectivity index (χ1n) is 10.5. The Morgan fingerprint density at radius 3 is 2.61 bits per heavy atom. The van der Waals surface area contributed by atoms with Crippen LogP contribution in [0.2, 0.25) is 0 Å². The molecule has 0 radical (unpaired) electrons. The van der Waals surface area contributed by atoms with Gasteiger partial charge in [-0.15, -0.1) is 24.8 Å². The molecule has 0 saturated carbocycles. The van der Waals surface area contributed by atoms with Gasteiger partial charge < -0.3 is 24.3 Å². The number of imidazole rings is 1. The number of aromatic amines is 1. The molecule has 0 fully saturated rings. The number of methoxy groups -OCH3 is 1. The van der Waals surface area contributed by atoms with E-state index in [4.69, 9.17) is 9.47 Å². The van der Waals surface area contributed by atoms with E-state index in [1.54, 1.807) is 13.4 Å². The van der Waals surface area contributed by atoms with Crippen LogP contribution in [0.4, 0.5) is 5.69 Å². The van der Waals surface area contributed by atoms with Gasteiger partial charge in [-0.1, -0.05) is 36.4 Å². The Bertz CT molecular complexity index is 987. The van der Waals surface area contributed by atoms with Crippen molar-refractivity contribution in [3.63, 3.8) is 0 Å². The predicted molar refractivity (Wildman–Crippen MR) is 134 cm³/mol. The molecule has 0 unspecified atom stereocenters. The summed E-state index contributed by atoms with van der Waals surface area (Å²) in [6.45, 7) is 3.60.